The average molecular weight is 235 g/mol. The van der Waals surface area contributed by atoms with E-state index >= 15 is 0 Å². The Morgan fingerprint density at radius 2 is 2.35 bits per heavy atom. The van der Waals surface area contributed by atoms with E-state index in [0.717, 1.165) is 13.0 Å². The normalized spacial score (nSPS) is 19.9. The number of nitrogens with one attached hydrogen (secondary N) is 3. The molecule has 17 heavy (non-hydrogen) atoms. The van der Waals surface area contributed by atoms with E-state index in [2.05, 4.69) is 15.6 Å². The molecule has 5 heteroatoms. The lowest BCUT2D eigenvalue weighted by molar-refractivity contribution is 0.0947. The number of carbonyl (C=O) groups is 1. The summed E-state index contributed by atoms with van der Waals surface area (Å²) < 4.78 is 0. The monoisotopic (exact) mass is 235 g/mol. The minimum absolute atomic E-state index is 0.191. The first-order chi connectivity index (χ1) is 8.25. The number of carbonyl (C=O) groups excluding carboxylic acids is 1. The third kappa shape index (κ3) is 3.42. The maximum atomic E-state index is 11.7. The van der Waals surface area contributed by atoms with Crippen LogP contribution < -0.4 is 16.2 Å². The molecule has 1 aromatic rings. The van der Waals surface area contributed by atoms with E-state index in [4.69, 9.17) is 0 Å². The summed E-state index contributed by atoms with van der Waals surface area (Å²) in [6, 6.07) is 3.27. The van der Waals surface area contributed by atoms with Crippen LogP contribution in [0, 0.1) is 0 Å². The van der Waals surface area contributed by atoms with Gasteiger partial charge in [0.1, 0.15) is 0 Å². The van der Waals surface area contributed by atoms with Crippen molar-refractivity contribution >= 4 is 5.91 Å². The second-order valence-corrected chi connectivity index (χ2v) is 4.30. The molecule has 1 atom stereocenters. The van der Waals surface area contributed by atoms with Gasteiger partial charge in [0.2, 0.25) is 5.56 Å². The van der Waals surface area contributed by atoms with Crippen molar-refractivity contribution in [2.24, 2.45) is 0 Å². The number of aromatic amines is 1. The molecule has 2 rings (SSSR count). The maximum Gasteiger partial charge on any atom is 0.251 e. The first-order valence-electron chi connectivity index (χ1n) is 5.96. The van der Waals surface area contributed by atoms with Crippen LogP contribution in [0.3, 0.4) is 0 Å². The molecule has 1 unspecified atom stereocenters. The van der Waals surface area contributed by atoms with E-state index < -0.39 is 0 Å². The minimum atomic E-state index is -0.256. The van der Waals surface area contributed by atoms with E-state index in [-0.39, 0.29) is 11.5 Å². The van der Waals surface area contributed by atoms with Gasteiger partial charge >= 0.3 is 0 Å². The molecule has 1 amide bonds. The van der Waals surface area contributed by atoms with Crippen LogP contribution in [0.2, 0.25) is 0 Å². The molecule has 92 valence electrons. The molecule has 0 bridgehead atoms. The van der Waals surface area contributed by atoms with Crippen LogP contribution in [-0.4, -0.2) is 30.0 Å². The Bertz CT molecular complexity index is 435. The largest absolute Gasteiger partial charge is 0.350 e. The van der Waals surface area contributed by atoms with Gasteiger partial charge in [-0.05, 0) is 25.5 Å². The zero-order valence-electron chi connectivity index (χ0n) is 9.66. The number of hydrogen-bond donors (Lipinski definition) is 3. The lowest BCUT2D eigenvalue weighted by Gasteiger charge is -2.23. The Morgan fingerprint density at radius 3 is 3.06 bits per heavy atom. The molecule has 0 spiro atoms. The lowest BCUT2D eigenvalue weighted by Crippen LogP contribution is -2.43. The fourth-order valence-electron chi connectivity index (χ4n) is 2.00. The summed E-state index contributed by atoms with van der Waals surface area (Å²) in [4.78, 5) is 25.3. The molecule has 0 aromatic carbocycles. The molecule has 0 aliphatic carbocycles. The van der Waals surface area contributed by atoms with Gasteiger partial charge in [-0.1, -0.05) is 6.42 Å². The van der Waals surface area contributed by atoms with Gasteiger partial charge in [-0.2, -0.15) is 0 Å². The number of piperidine rings is 1. The zero-order chi connectivity index (χ0) is 12.1. The van der Waals surface area contributed by atoms with Crippen LogP contribution in [0.1, 0.15) is 29.6 Å². The number of pyridine rings is 1. The van der Waals surface area contributed by atoms with E-state index in [1.54, 1.807) is 6.07 Å². The fourth-order valence-corrected chi connectivity index (χ4v) is 2.00. The van der Waals surface area contributed by atoms with Gasteiger partial charge in [-0.15, -0.1) is 0 Å². The predicted octanol–water partition coefficient (Wildman–Crippen LogP) is 0.247. The molecule has 5 nitrogen and oxygen atoms in total. The van der Waals surface area contributed by atoms with Gasteiger partial charge in [0.15, 0.2) is 0 Å². The molecule has 3 N–H and O–H groups in total. The van der Waals surface area contributed by atoms with Crippen LogP contribution in [0.15, 0.2) is 23.1 Å². The fraction of sp³-hybridized carbons (Fsp3) is 0.500. The summed E-state index contributed by atoms with van der Waals surface area (Å²) in [5.74, 6) is -0.191. The molecule has 1 aliphatic rings. The molecular weight excluding hydrogens is 218 g/mol. The summed E-state index contributed by atoms with van der Waals surface area (Å²) in [5, 5.41) is 6.20. The Labute approximate surface area is 99.6 Å². The predicted molar refractivity (Wildman–Crippen MR) is 65.0 cm³/mol. The third-order valence-electron chi connectivity index (χ3n) is 2.96. The maximum absolute atomic E-state index is 11.7. The van der Waals surface area contributed by atoms with Crippen LogP contribution in [0.25, 0.3) is 0 Å². The SMILES string of the molecule is O=C(NCC1CCCCN1)c1cc[nH]c(=O)c1. The highest BCUT2D eigenvalue weighted by Gasteiger charge is 2.13. The molecule has 1 saturated heterocycles. The van der Waals surface area contributed by atoms with Crippen molar-refractivity contribution in [2.75, 3.05) is 13.1 Å². The molecule has 2 heterocycles. The van der Waals surface area contributed by atoms with Crippen molar-refractivity contribution in [1.82, 2.24) is 15.6 Å². The zero-order valence-corrected chi connectivity index (χ0v) is 9.66. The molecule has 0 saturated carbocycles. The molecule has 1 fully saturated rings. The van der Waals surface area contributed by atoms with Crippen LogP contribution >= 0.6 is 0 Å². The van der Waals surface area contributed by atoms with Crippen LogP contribution in [-0.2, 0) is 0 Å². The summed E-state index contributed by atoms with van der Waals surface area (Å²) in [6.07, 6.45) is 4.99. The van der Waals surface area contributed by atoms with Crippen molar-refractivity contribution in [2.45, 2.75) is 25.3 Å². The van der Waals surface area contributed by atoms with E-state index in [9.17, 15) is 9.59 Å². The molecule has 1 aliphatic heterocycles. The van der Waals surface area contributed by atoms with Gasteiger partial charge in [0, 0.05) is 30.4 Å². The van der Waals surface area contributed by atoms with Crippen molar-refractivity contribution in [1.29, 1.82) is 0 Å². The van der Waals surface area contributed by atoms with Crippen molar-refractivity contribution in [3.05, 3.63) is 34.2 Å². The van der Waals surface area contributed by atoms with Gasteiger partial charge in [-0.3, -0.25) is 9.59 Å². The topological polar surface area (TPSA) is 74.0 Å². The van der Waals surface area contributed by atoms with E-state index in [0.29, 0.717) is 18.2 Å². The van der Waals surface area contributed by atoms with Gasteiger partial charge in [0.05, 0.1) is 0 Å². The summed E-state index contributed by atoms with van der Waals surface area (Å²) in [5.41, 5.74) is 0.151. The highest BCUT2D eigenvalue weighted by Crippen LogP contribution is 2.05. The Kier molecular flexibility index (Phi) is 3.93. The van der Waals surface area contributed by atoms with Gasteiger partial charge < -0.3 is 15.6 Å². The first kappa shape index (κ1) is 11.9. The van der Waals surface area contributed by atoms with Crippen LogP contribution in [0.5, 0.6) is 0 Å². The Morgan fingerprint density at radius 1 is 1.47 bits per heavy atom. The molecule has 1 aromatic heterocycles. The van der Waals surface area contributed by atoms with Crippen molar-refractivity contribution in [3.8, 4) is 0 Å². The number of aromatic nitrogens is 1. The second-order valence-electron chi connectivity index (χ2n) is 4.30. The number of rotatable bonds is 3. The quantitative estimate of drug-likeness (QED) is 0.703. The van der Waals surface area contributed by atoms with Gasteiger partial charge in [-0.25, -0.2) is 0 Å². The molecular formula is C12H17N3O2. The summed E-state index contributed by atoms with van der Waals surface area (Å²) in [7, 11) is 0. The van der Waals surface area contributed by atoms with Crippen molar-refractivity contribution in [3.63, 3.8) is 0 Å². The smallest absolute Gasteiger partial charge is 0.251 e. The van der Waals surface area contributed by atoms with Crippen molar-refractivity contribution < 1.29 is 4.79 Å². The Hall–Kier alpha value is -1.62. The average Bonchev–Trinajstić information content (AvgIpc) is 2.37. The first-order valence-corrected chi connectivity index (χ1v) is 5.96. The van der Waals surface area contributed by atoms with E-state index in [1.807, 2.05) is 0 Å². The Balaban J connectivity index is 1.86. The number of H-pyrrole nitrogens is 1. The third-order valence-corrected chi connectivity index (χ3v) is 2.96. The van der Waals surface area contributed by atoms with E-state index in [1.165, 1.54) is 25.1 Å². The summed E-state index contributed by atoms with van der Waals surface area (Å²) >= 11 is 0. The molecule has 0 radical (unpaired) electrons. The highest BCUT2D eigenvalue weighted by molar-refractivity contribution is 5.93. The minimum Gasteiger partial charge on any atom is -0.350 e. The second kappa shape index (κ2) is 5.63. The lowest BCUT2D eigenvalue weighted by atomic mass is 10.1. The number of hydrogen-bond acceptors (Lipinski definition) is 3. The summed E-state index contributed by atoms with van der Waals surface area (Å²) in [6.45, 7) is 1.64. The number of amides is 1. The highest BCUT2D eigenvalue weighted by atomic mass is 16.2. The van der Waals surface area contributed by atoms with Crippen LogP contribution in [0.4, 0.5) is 0 Å². The van der Waals surface area contributed by atoms with Gasteiger partial charge in [0.25, 0.3) is 5.91 Å². The standard InChI is InChI=1S/C12H17N3O2/c16-11-7-9(4-6-14-11)12(17)15-8-10-3-1-2-5-13-10/h4,6-7,10,13H,1-3,5,8H2,(H,14,16)(H,15,17).